The van der Waals surface area contributed by atoms with E-state index < -0.39 is 34.9 Å². The molecular formula is C43H52F2N10O5. The highest BCUT2D eigenvalue weighted by molar-refractivity contribution is 6.05. The van der Waals surface area contributed by atoms with E-state index in [0.29, 0.717) is 68.2 Å². The molecule has 0 radical (unpaired) electrons. The van der Waals surface area contributed by atoms with E-state index >= 15 is 0 Å². The molecule has 0 aliphatic carbocycles. The van der Waals surface area contributed by atoms with Gasteiger partial charge in [0.05, 0.1) is 16.9 Å². The van der Waals surface area contributed by atoms with E-state index in [4.69, 9.17) is 0 Å². The van der Waals surface area contributed by atoms with Crippen LogP contribution in [0.15, 0.2) is 36.4 Å². The first kappa shape index (κ1) is 39.9. The number of urea groups is 1. The number of halogens is 2. The number of hydrogen-bond acceptors (Lipinski definition) is 11. The molecule has 0 unspecified atom stereocenters. The maximum absolute atomic E-state index is 14.4. The highest BCUT2D eigenvalue weighted by Gasteiger charge is 2.48. The Kier molecular flexibility index (Phi) is 10.3. The number of fused-ring (bicyclic) bond motifs is 4. The Balaban J connectivity index is 0.796. The Bertz CT molecular complexity index is 2230. The number of nitrogens with one attached hydrogen (secondary N) is 2. The highest BCUT2D eigenvalue weighted by atomic mass is 19.1. The van der Waals surface area contributed by atoms with E-state index in [1.54, 1.807) is 11.0 Å². The fourth-order valence-electron chi connectivity index (χ4n) is 10.6. The number of amides is 5. The number of hydrogen-bond donors (Lipinski definition) is 3. The van der Waals surface area contributed by atoms with Crippen LogP contribution in [0.25, 0.3) is 11.3 Å². The predicted octanol–water partition coefficient (Wildman–Crippen LogP) is 4.02. The number of carbonyl (C=O) groups is 4. The second-order valence-electron chi connectivity index (χ2n) is 17.5. The number of phenolic OH excluding ortho intramolecular Hbond substituents is 1. The second kappa shape index (κ2) is 15.5. The second-order valence-corrected chi connectivity index (χ2v) is 17.5. The van der Waals surface area contributed by atoms with Gasteiger partial charge >= 0.3 is 6.03 Å². The van der Waals surface area contributed by atoms with Gasteiger partial charge in [-0.05, 0) is 75.3 Å². The molecule has 15 nitrogen and oxygen atoms in total. The predicted molar refractivity (Wildman–Crippen MR) is 220 cm³/mol. The van der Waals surface area contributed by atoms with Gasteiger partial charge in [-0.1, -0.05) is 13.0 Å². The quantitative estimate of drug-likeness (QED) is 0.309. The van der Waals surface area contributed by atoms with Crippen LogP contribution in [0.1, 0.15) is 68.8 Å². The molecule has 1 aromatic heterocycles. The van der Waals surface area contributed by atoms with Crippen LogP contribution in [0.5, 0.6) is 5.75 Å². The van der Waals surface area contributed by atoms with Gasteiger partial charge in [-0.3, -0.25) is 24.6 Å². The van der Waals surface area contributed by atoms with Crippen LogP contribution >= 0.6 is 0 Å². The molecule has 60 heavy (non-hydrogen) atoms. The lowest BCUT2D eigenvalue weighted by atomic mass is 9.87. The average molecular weight is 827 g/mol. The zero-order valence-corrected chi connectivity index (χ0v) is 34.3. The fraction of sp³-hybridized carbons (Fsp3) is 0.535. The number of imide groups is 1. The number of piperidine rings is 2. The highest BCUT2D eigenvalue weighted by Crippen LogP contribution is 2.42. The summed E-state index contributed by atoms with van der Waals surface area (Å²) in [5, 5.41) is 24.6. The van der Waals surface area contributed by atoms with Crippen molar-refractivity contribution in [2.24, 2.45) is 5.92 Å². The lowest BCUT2D eigenvalue weighted by Crippen LogP contribution is -2.70. The first-order valence-electron chi connectivity index (χ1n) is 21.2. The van der Waals surface area contributed by atoms with E-state index in [-0.39, 0.29) is 47.6 Å². The van der Waals surface area contributed by atoms with Gasteiger partial charge in [0.25, 0.3) is 5.91 Å². The van der Waals surface area contributed by atoms with Gasteiger partial charge in [0.15, 0.2) is 17.4 Å². The molecule has 6 aliphatic rings. The average Bonchev–Trinajstić information content (AvgIpc) is 3.56. The number of aromatic hydroxyl groups is 1. The largest absolute Gasteiger partial charge is 0.504 e. The summed E-state index contributed by atoms with van der Waals surface area (Å²) in [6.45, 7) is 13.1. The number of rotatable bonds is 6. The number of aromatic nitrogens is 2. The Morgan fingerprint density at radius 3 is 2.45 bits per heavy atom. The van der Waals surface area contributed by atoms with E-state index in [1.807, 2.05) is 21.9 Å². The van der Waals surface area contributed by atoms with Crippen molar-refractivity contribution in [1.82, 2.24) is 35.1 Å². The van der Waals surface area contributed by atoms with Crippen molar-refractivity contribution in [3.63, 3.8) is 0 Å². The van der Waals surface area contributed by atoms with Crippen LogP contribution < -0.4 is 20.4 Å². The van der Waals surface area contributed by atoms with E-state index in [1.165, 1.54) is 0 Å². The summed E-state index contributed by atoms with van der Waals surface area (Å²) in [4.78, 5) is 64.6. The summed E-state index contributed by atoms with van der Waals surface area (Å²) < 4.78 is 28.4. The molecule has 0 saturated carbocycles. The number of nitrogens with zero attached hydrogens (tertiary/aromatic N) is 8. The Labute approximate surface area is 347 Å². The van der Waals surface area contributed by atoms with Crippen molar-refractivity contribution >= 4 is 40.9 Å². The van der Waals surface area contributed by atoms with E-state index in [9.17, 15) is 33.1 Å². The third-order valence-corrected chi connectivity index (χ3v) is 13.8. The van der Waals surface area contributed by atoms with Crippen LogP contribution in [0, 0.1) is 17.6 Å². The van der Waals surface area contributed by atoms with Crippen molar-refractivity contribution < 1.29 is 33.1 Å². The summed E-state index contributed by atoms with van der Waals surface area (Å²) in [7, 11) is 0. The normalized spacial score (nSPS) is 26.1. The van der Waals surface area contributed by atoms with Gasteiger partial charge in [0.1, 0.15) is 11.9 Å². The van der Waals surface area contributed by atoms with Crippen LogP contribution in [0.4, 0.5) is 30.8 Å². The molecule has 5 amide bonds. The Morgan fingerprint density at radius 2 is 1.72 bits per heavy atom. The molecule has 7 heterocycles. The van der Waals surface area contributed by atoms with Crippen molar-refractivity contribution in [2.75, 3.05) is 74.0 Å². The summed E-state index contributed by atoms with van der Waals surface area (Å²) in [6.07, 6.45) is 3.34. The molecular weight excluding hydrogens is 775 g/mol. The molecule has 2 aromatic carbocycles. The Morgan fingerprint density at radius 1 is 0.950 bits per heavy atom. The third-order valence-electron chi connectivity index (χ3n) is 13.8. The van der Waals surface area contributed by atoms with Crippen molar-refractivity contribution in [2.45, 2.75) is 83.1 Å². The first-order chi connectivity index (χ1) is 28.8. The van der Waals surface area contributed by atoms with Crippen molar-refractivity contribution in [1.29, 1.82) is 0 Å². The fourth-order valence-corrected chi connectivity index (χ4v) is 10.6. The number of anilines is 3. The molecule has 3 N–H and O–H groups in total. The smallest absolute Gasteiger partial charge is 0.320 e. The molecule has 318 valence electrons. The lowest BCUT2D eigenvalue weighted by molar-refractivity contribution is -0.136. The standard InChI is InChI=1S/C43H52F2N10O5/c1-4-43-23-46-39-36(18-34(48-49-39)32-15-29(44)16-33(45)38(32)57)54(43)14-13-52(24-43)42(60)55-25(2)19-50(20-26(55)3)21-27-9-11-51(12-10-27)30-6-5-28-22-53(41(59)31(28)17-30)35-7-8-37(56)47-40(35)58/h5-6,15-18,25-27,35,57H,4,7-14,19-24H2,1-3H3,(H,46,49)(H,47,56,58)/t25-,26+,35-,43+/m1/s1. The number of carbonyl (C=O) groups excluding carboxylic acids is 4. The summed E-state index contributed by atoms with van der Waals surface area (Å²) >= 11 is 0. The topological polar surface area (TPSA) is 158 Å². The number of benzene rings is 2. The van der Waals surface area contributed by atoms with Gasteiger partial charge in [0, 0.05) is 107 Å². The van der Waals surface area contributed by atoms with Gasteiger partial charge in [0.2, 0.25) is 11.8 Å². The van der Waals surface area contributed by atoms with Crippen molar-refractivity contribution in [3.05, 3.63) is 59.2 Å². The minimum Gasteiger partial charge on any atom is -0.504 e. The van der Waals surface area contributed by atoms with Crippen LogP contribution in [-0.4, -0.2) is 141 Å². The zero-order valence-electron chi connectivity index (χ0n) is 34.3. The monoisotopic (exact) mass is 826 g/mol. The molecule has 17 heteroatoms. The molecule has 0 spiro atoms. The van der Waals surface area contributed by atoms with Gasteiger partial charge in [-0.2, -0.15) is 0 Å². The molecule has 6 aliphatic heterocycles. The summed E-state index contributed by atoms with van der Waals surface area (Å²) in [5.41, 5.74) is 2.89. The minimum atomic E-state index is -1.07. The maximum atomic E-state index is 14.4. The Hall–Kier alpha value is -5.58. The molecule has 4 fully saturated rings. The van der Waals surface area contributed by atoms with Crippen LogP contribution in [0.2, 0.25) is 0 Å². The summed E-state index contributed by atoms with van der Waals surface area (Å²) in [6, 6.07) is 8.84. The lowest BCUT2D eigenvalue weighted by Gasteiger charge is -2.55. The van der Waals surface area contributed by atoms with Crippen LogP contribution in [0.3, 0.4) is 0 Å². The number of phenols is 1. The summed E-state index contributed by atoms with van der Waals surface area (Å²) in [5.74, 6) is -2.38. The van der Waals surface area contributed by atoms with Gasteiger partial charge in [-0.15, -0.1) is 10.2 Å². The number of piperazine rings is 2. The third kappa shape index (κ3) is 7.03. The maximum Gasteiger partial charge on any atom is 0.320 e. The molecule has 4 atom stereocenters. The zero-order chi connectivity index (χ0) is 42.0. The van der Waals surface area contributed by atoms with Crippen molar-refractivity contribution in [3.8, 4) is 17.0 Å². The molecule has 9 rings (SSSR count). The van der Waals surface area contributed by atoms with Crippen LogP contribution in [-0.2, 0) is 16.1 Å². The molecule has 4 saturated heterocycles. The SMILES string of the molecule is CC[C@@]12CNc3nnc(-c4cc(F)cc(F)c4O)cc3N1CCN(C(=O)N1[C@H](C)CN(CC3CCN(c4ccc5c(c4)C(=O)N([C@@H]4CCC(=O)NC4=O)C5)CC3)C[C@@H]1C)C2. The first-order valence-corrected chi connectivity index (χ1v) is 21.2. The van der Waals surface area contributed by atoms with Gasteiger partial charge < -0.3 is 34.9 Å². The minimum absolute atomic E-state index is 0.0167. The van der Waals surface area contributed by atoms with Gasteiger partial charge in [-0.25, -0.2) is 13.6 Å². The van der Waals surface area contributed by atoms with E-state index in [0.717, 1.165) is 69.3 Å². The molecule has 3 aromatic rings. The molecule has 0 bridgehead atoms. The van der Waals surface area contributed by atoms with E-state index in [2.05, 4.69) is 62.4 Å².